The lowest BCUT2D eigenvalue weighted by Crippen LogP contribution is -3.17. The summed E-state index contributed by atoms with van der Waals surface area (Å²) in [6.45, 7) is 16.6. The molecule has 4 atom stereocenters. The Morgan fingerprint density at radius 3 is 2.29 bits per heavy atom. The third kappa shape index (κ3) is 5.59. The minimum absolute atomic E-state index is 0.0521. The Hall–Kier alpha value is -2.51. The molecule has 1 spiro atoms. The number of piperidine rings is 1. The van der Waals surface area contributed by atoms with Crippen molar-refractivity contribution >= 4 is 23.4 Å². The van der Waals surface area contributed by atoms with Crippen LogP contribution in [0.15, 0.2) is 30.3 Å². The quantitative estimate of drug-likeness (QED) is 0.501. The number of quaternary nitrogens is 1. The molecule has 228 valence electrons. The van der Waals surface area contributed by atoms with Gasteiger partial charge in [-0.2, -0.15) is 0 Å². The number of carbonyl (C=O) groups excluding carboxylic acids is 2. The summed E-state index contributed by atoms with van der Waals surface area (Å²) in [5.41, 5.74) is 3.26. The van der Waals surface area contributed by atoms with Crippen LogP contribution in [-0.2, 0) is 15.0 Å². The number of hydrogen-bond donors (Lipinski definition) is 2. The van der Waals surface area contributed by atoms with Crippen LogP contribution in [0.1, 0.15) is 94.9 Å². The maximum Gasteiger partial charge on any atom is 0.232 e. The number of rotatable bonds is 4. The van der Waals surface area contributed by atoms with E-state index in [2.05, 4.69) is 52.1 Å². The lowest BCUT2D eigenvalue weighted by molar-refractivity contribution is -0.936. The molecule has 1 unspecified atom stereocenters. The van der Waals surface area contributed by atoms with Gasteiger partial charge in [-0.25, -0.2) is 8.78 Å². The van der Waals surface area contributed by atoms with Crippen LogP contribution < -0.4 is 10.2 Å². The Morgan fingerprint density at radius 2 is 1.69 bits per heavy atom. The van der Waals surface area contributed by atoms with Crippen molar-refractivity contribution in [3.8, 4) is 0 Å². The first-order valence-electron chi connectivity index (χ1n) is 15.2. The largest absolute Gasteiger partial charge is 0.351 e. The number of hydrogen-bond acceptors (Lipinski definition) is 2. The van der Waals surface area contributed by atoms with Crippen LogP contribution in [0.5, 0.6) is 0 Å². The second-order valence-corrected chi connectivity index (χ2v) is 15.0. The van der Waals surface area contributed by atoms with Crippen LogP contribution in [-0.4, -0.2) is 54.0 Å². The third-order valence-corrected chi connectivity index (χ3v) is 10.8. The van der Waals surface area contributed by atoms with Gasteiger partial charge in [-0.05, 0) is 101 Å². The van der Waals surface area contributed by atoms with Crippen molar-refractivity contribution in [2.24, 2.45) is 5.92 Å². The molecule has 0 bridgehead atoms. The summed E-state index contributed by atoms with van der Waals surface area (Å²) in [5, 5.41) is 3.91. The molecule has 2 saturated heterocycles. The molecule has 8 heteroatoms. The topological polar surface area (TPSA) is 53.9 Å². The molecule has 3 aliphatic rings. The average Bonchev–Trinajstić information content (AvgIpc) is 3.45. The fourth-order valence-electron chi connectivity index (χ4n) is 8.01. The maximum atomic E-state index is 15.0. The fraction of sp³-hybridized carbons (Fsp3) is 0.588. The van der Waals surface area contributed by atoms with Gasteiger partial charge < -0.3 is 15.1 Å². The van der Waals surface area contributed by atoms with Gasteiger partial charge in [0.05, 0.1) is 30.5 Å². The van der Waals surface area contributed by atoms with Crippen LogP contribution >= 0.6 is 11.6 Å². The first-order chi connectivity index (χ1) is 19.5. The van der Waals surface area contributed by atoms with Gasteiger partial charge in [0.25, 0.3) is 0 Å². The molecular weight excluding hydrogens is 556 g/mol. The van der Waals surface area contributed by atoms with Crippen molar-refractivity contribution in [3.63, 3.8) is 0 Å². The van der Waals surface area contributed by atoms with Crippen molar-refractivity contribution < 1.29 is 23.3 Å². The molecule has 2 aromatic carbocycles. The highest BCUT2D eigenvalue weighted by Crippen LogP contribution is 2.56. The normalized spacial score (nSPS) is 25.5. The van der Waals surface area contributed by atoms with Crippen LogP contribution in [0.2, 0.25) is 5.02 Å². The summed E-state index contributed by atoms with van der Waals surface area (Å²) < 4.78 is 28.8. The number of halogens is 3. The van der Waals surface area contributed by atoms with E-state index in [0.717, 1.165) is 35.9 Å². The van der Waals surface area contributed by atoms with Gasteiger partial charge in [0.15, 0.2) is 0 Å². The number of likely N-dealkylation sites (tertiary alicyclic amines) is 2. The molecule has 42 heavy (non-hydrogen) atoms. The average molecular weight is 601 g/mol. The van der Waals surface area contributed by atoms with Gasteiger partial charge in [-0.3, -0.25) is 9.59 Å². The van der Waals surface area contributed by atoms with Gasteiger partial charge >= 0.3 is 0 Å². The summed E-state index contributed by atoms with van der Waals surface area (Å²) in [7, 11) is 0. The van der Waals surface area contributed by atoms with Crippen molar-refractivity contribution in [2.45, 2.75) is 96.1 Å². The van der Waals surface area contributed by atoms with E-state index in [1.807, 2.05) is 11.8 Å². The van der Waals surface area contributed by atoms with Crippen LogP contribution in [0, 0.1) is 24.5 Å². The third-order valence-electron chi connectivity index (χ3n) is 10.4. The first kappa shape index (κ1) is 30.9. The van der Waals surface area contributed by atoms with E-state index < -0.39 is 17.2 Å². The van der Waals surface area contributed by atoms with Crippen molar-refractivity contribution in [1.29, 1.82) is 0 Å². The molecule has 0 saturated carbocycles. The highest BCUT2D eigenvalue weighted by molar-refractivity contribution is 6.31. The summed E-state index contributed by atoms with van der Waals surface area (Å²) in [5.74, 6) is -1.72. The van der Waals surface area contributed by atoms with E-state index in [0.29, 0.717) is 31.7 Å². The molecule has 5 rings (SSSR count). The van der Waals surface area contributed by atoms with Gasteiger partial charge in [0.1, 0.15) is 11.6 Å². The number of carbonyl (C=O) groups is 2. The zero-order chi connectivity index (χ0) is 30.8. The van der Waals surface area contributed by atoms with Gasteiger partial charge in [-0.15, -0.1) is 0 Å². The molecule has 2 N–H and O–H groups in total. The minimum Gasteiger partial charge on any atom is -0.351 e. The molecule has 2 heterocycles. The van der Waals surface area contributed by atoms with Gasteiger partial charge in [-0.1, -0.05) is 23.7 Å². The molecule has 1 aliphatic carbocycles. The molecule has 2 aromatic rings. The number of nitrogens with zero attached hydrogens (tertiary/aromatic N) is 1. The summed E-state index contributed by atoms with van der Waals surface area (Å²) in [6.07, 6.45) is 2.48. The zero-order valence-electron chi connectivity index (χ0n) is 26.0. The second-order valence-electron chi connectivity index (χ2n) is 14.6. The van der Waals surface area contributed by atoms with E-state index in [1.54, 1.807) is 6.92 Å². The lowest BCUT2D eigenvalue weighted by atomic mass is 9.71. The monoisotopic (exact) mass is 600 g/mol. The number of benzene rings is 2. The van der Waals surface area contributed by atoms with Crippen LogP contribution in [0.3, 0.4) is 0 Å². The van der Waals surface area contributed by atoms with Gasteiger partial charge in [0, 0.05) is 42.6 Å². The van der Waals surface area contributed by atoms with E-state index in [1.165, 1.54) is 28.2 Å². The lowest BCUT2D eigenvalue weighted by Gasteiger charge is -2.42. The van der Waals surface area contributed by atoms with Crippen LogP contribution in [0.4, 0.5) is 8.78 Å². The van der Waals surface area contributed by atoms with E-state index >= 15 is 4.39 Å². The van der Waals surface area contributed by atoms with Gasteiger partial charge in [0.2, 0.25) is 11.8 Å². The molecule has 2 aliphatic heterocycles. The van der Waals surface area contributed by atoms with Crippen LogP contribution in [0.25, 0.3) is 0 Å². The number of nitrogens with one attached hydrogen (secondary N) is 2. The Bertz CT molecular complexity index is 1390. The van der Waals surface area contributed by atoms with E-state index in [-0.39, 0.29) is 40.5 Å². The maximum absolute atomic E-state index is 15.0. The molecule has 5 nitrogen and oxygen atoms in total. The second kappa shape index (κ2) is 10.9. The SMILES string of the molecule is CC(=O)NC(C)(C)[C@@H]1CC2(CCN(C(=O)[C@@H]3C[NH+](C(C)(C)C)C[C@H]3c3ccc(F)cc3F)CC2)c2cc(Cl)c(C)cc21. The molecule has 0 aromatic heterocycles. The zero-order valence-corrected chi connectivity index (χ0v) is 26.7. The molecule has 2 fully saturated rings. The first-order valence-corrected chi connectivity index (χ1v) is 15.6. The minimum atomic E-state index is -0.606. The predicted molar refractivity (Wildman–Crippen MR) is 162 cm³/mol. The number of fused-ring (bicyclic) bond motifs is 2. The van der Waals surface area contributed by atoms with Crippen molar-refractivity contribution in [3.05, 3.63) is 69.2 Å². The van der Waals surface area contributed by atoms with E-state index in [9.17, 15) is 14.0 Å². The molecule has 0 radical (unpaired) electrons. The van der Waals surface area contributed by atoms with E-state index in [4.69, 9.17) is 11.6 Å². The fourth-order valence-corrected chi connectivity index (χ4v) is 8.17. The Balaban J connectivity index is 1.40. The standard InChI is InChI=1S/C34H44ClF2N3O2/c1-20-14-24-27(16-29(20)35)34(17-28(24)33(6,7)38-21(2)41)10-12-39(13-11-34)31(42)26-19-40(32(3,4)5)18-25(26)23-9-8-22(36)15-30(23)37/h8-9,14-16,25-26,28H,10-13,17-19H2,1-7H3,(H,38,41)/p+1/t25-,26+,28+/m0/s1. The van der Waals surface area contributed by atoms with Crippen molar-refractivity contribution in [1.82, 2.24) is 10.2 Å². The number of amides is 2. The molecular formula is C34H45ClF2N3O2+. The highest BCUT2D eigenvalue weighted by atomic mass is 35.5. The Morgan fingerprint density at radius 1 is 1.02 bits per heavy atom. The smallest absolute Gasteiger partial charge is 0.232 e. The summed E-state index contributed by atoms with van der Waals surface area (Å²) >= 11 is 6.66. The van der Waals surface area contributed by atoms with Crippen molar-refractivity contribution in [2.75, 3.05) is 26.2 Å². The summed E-state index contributed by atoms with van der Waals surface area (Å²) in [4.78, 5) is 29.5. The molecule has 2 amide bonds. The summed E-state index contributed by atoms with van der Waals surface area (Å²) in [6, 6.07) is 8.04. The predicted octanol–water partition coefficient (Wildman–Crippen LogP) is 5.29. The highest BCUT2D eigenvalue weighted by Gasteiger charge is 2.52. The Labute approximate surface area is 254 Å². The Kier molecular flexibility index (Phi) is 8.02. The number of aryl methyl sites for hydroxylation is 1.